The maximum Gasteiger partial charge on any atom is 0.354 e. The zero-order chi connectivity index (χ0) is 10.0. The summed E-state index contributed by atoms with van der Waals surface area (Å²) < 4.78 is 4.66. The van der Waals surface area contributed by atoms with Crippen LogP contribution in [0.3, 0.4) is 0 Å². The van der Waals surface area contributed by atoms with E-state index in [2.05, 4.69) is 16.6 Å². The SMILES string of the molecule is CCc1c(C)[nH]c(C(=O)OC)c1C. The molecule has 0 aliphatic heterocycles. The Morgan fingerprint density at radius 1 is 1.46 bits per heavy atom. The summed E-state index contributed by atoms with van der Waals surface area (Å²) in [4.78, 5) is 14.3. The molecular formula is C10H15NO2. The fraction of sp³-hybridized carbons (Fsp3) is 0.500. The second kappa shape index (κ2) is 3.64. The third-order valence-corrected chi connectivity index (χ3v) is 2.34. The minimum Gasteiger partial charge on any atom is -0.464 e. The second-order valence-electron chi connectivity index (χ2n) is 3.07. The lowest BCUT2D eigenvalue weighted by atomic mass is 10.1. The van der Waals surface area contributed by atoms with Gasteiger partial charge in [0.25, 0.3) is 0 Å². The molecule has 3 heteroatoms. The molecule has 0 spiro atoms. The fourth-order valence-corrected chi connectivity index (χ4v) is 1.63. The number of H-pyrrole nitrogens is 1. The molecule has 0 amide bonds. The standard InChI is InChI=1S/C10H15NO2/c1-5-8-6(2)9(10(12)13-4)11-7(8)3/h11H,5H2,1-4H3. The van der Waals surface area contributed by atoms with Gasteiger partial charge in [0.2, 0.25) is 0 Å². The van der Waals surface area contributed by atoms with Gasteiger partial charge in [0.15, 0.2) is 0 Å². The highest BCUT2D eigenvalue weighted by atomic mass is 16.5. The van der Waals surface area contributed by atoms with E-state index in [4.69, 9.17) is 0 Å². The van der Waals surface area contributed by atoms with E-state index in [9.17, 15) is 4.79 Å². The molecule has 0 bridgehead atoms. The van der Waals surface area contributed by atoms with Crippen LogP contribution in [0.2, 0.25) is 0 Å². The van der Waals surface area contributed by atoms with Crippen molar-refractivity contribution in [3.8, 4) is 0 Å². The molecule has 0 unspecified atom stereocenters. The van der Waals surface area contributed by atoms with Crippen LogP contribution in [-0.2, 0) is 11.2 Å². The van der Waals surface area contributed by atoms with Crippen molar-refractivity contribution < 1.29 is 9.53 Å². The molecule has 72 valence electrons. The summed E-state index contributed by atoms with van der Waals surface area (Å²) in [5, 5.41) is 0. The number of carbonyl (C=O) groups is 1. The summed E-state index contributed by atoms with van der Waals surface area (Å²) in [6.45, 7) is 5.98. The summed E-state index contributed by atoms with van der Waals surface area (Å²) in [6, 6.07) is 0. The van der Waals surface area contributed by atoms with E-state index in [-0.39, 0.29) is 5.97 Å². The predicted octanol–water partition coefficient (Wildman–Crippen LogP) is 1.98. The number of rotatable bonds is 2. The van der Waals surface area contributed by atoms with E-state index in [1.54, 1.807) is 0 Å². The lowest BCUT2D eigenvalue weighted by Gasteiger charge is -1.97. The van der Waals surface area contributed by atoms with Gasteiger partial charge in [-0.25, -0.2) is 4.79 Å². The van der Waals surface area contributed by atoms with Crippen molar-refractivity contribution in [3.63, 3.8) is 0 Å². The minimum absolute atomic E-state index is 0.291. The molecule has 13 heavy (non-hydrogen) atoms. The van der Waals surface area contributed by atoms with Gasteiger partial charge in [0, 0.05) is 5.69 Å². The van der Waals surface area contributed by atoms with E-state index in [0.29, 0.717) is 5.69 Å². The average Bonchev–Trinajstić information content (AvgIpc) is 2.40. The summed E-state index contributed by atoms with van der Waals surface area (Å²) >= 11 is 0. The zero-order valence-electron chi connectivity index (χ0n) is 8.52. The van der Waals surface area contributed by atoms with Gasteiger partial charge in [-0.15, -0.1) is 0 Å². The van der Waals surface area contributed by atoms with Crippen LogP contribution in [0.25, 0.3) is 0 Å². The summed E-state index contributed by atoms with van der Waals surface area (Å²) in [6.07, 6.45) is 0.936. The van der Waals surface area contributed by atoms with Crippen LogP contribution in [0.15, 0.2) is 0 Å². The van der Waals surface area contributed by atoms with Crippen molar-refractivity contribution >= 4 is 5.97 Å². The Morgan fingerprint density at radius 2 is 2.08 bits per heavy atom. The maximum absolute atomic E-state index is 11.3. The number of carbonyl (C=O) groups excluding carboxylic acids is 1. The van der Waals surface area contributed by atoms with Gasteiger partial charge in [-0.3, -0.25) is 0 Å². The van der Waals surface area contributed by atoms with Crippen molar-refractivity contribution in [2.45, 2.75) is 27.2 Å². The predicted molar refractivity (Wildman–Crippen MR) is 51.0 cm³/mol. The largest absolute Gasteiger partial charge is 0.464 e. The van der Waals surface area contributed by atoms with E-state index < -0.39 is 0 Å². The van der Waals surface area contributed by atoms with Gasteiger partial charge in [-0.05, 0) is 31.4 Å². The molecule has 1 aromatic rings. The molecular weight excluding hydrogens is 166 g/mol. The number of hydrogen-bond acceptors (Lipinski definition) is 2. The third kappa shape index (κ3) is 1.59. The Kier molecular flexibility index (Phi) is 2.76. The van der Waals surface area contributed by atoms with Crippen LogP contribution in [0.1, 0.15) is 34.2 Å². The minimum atomic E-state index is -0.291. The van der Waals surface area contributed by atoms with Crippen molar-refractivity contribution in [2.75, 3.05) is 7.11 Å². The number of esters is 1. The zero-order valence-corrected chi connectivity index (χ0v) is 8.52. The molecule has 0 atom stereocenters. The number of nitrogens with one attached hydrogen (secondary N) is 1. The first-order valence-electron chi connectivity index (χ1n) is 4.38. The first-order chi connectivity index (χ1) is 6.11. The van der Waals surface area contributed by atoms with Gasteiger partial charge in [-0.2, -0.15) is 0 Å². The number of aromatic amines is 1. The Hall–Kier alpha value is -1.25. The highest BCUT2D eigenvalue weighted by molar-refractivity contribution is 5.89. The van der Waals surface area contributed by atoms with Crippen LogP contribution >= 0.6 is 0 Å². The second-order valence-corrected chi connectivity index (χ2v) is 3.07. The van der Waals surface area contributed by atoms with Crippen LogP contribution in [-0.4, -0.2) is 18.1 Å². The Bertz CT molecular complexity index is 326. The average molecular weight is 181 g/mol. The first kappa shape index (κ1) is 9.84. The van der Waals surface area contributed by atoms with Crippen molar-refractivity contribution in [1.29, 1.82) is 0 Å². The molecule has 0 aliphatic rings. The van der Waals surface area contributed by atoms with Crippen molar-refractivity contribution in [3.05, 3.63) is 22.5 Å². The highest BCUT2D eigenvalue weighted by Crippen LogP contribution is 2.18. The number of hydrogen-bond donors (Lipinski definition) is 1. The monoisotopic (exact) mass is 181 g/mol. The molecule has 1 heterocycles. The summed E-state index contributed by atoms with van der Waals surface area (Å²) in [5.74, 6) is -0.291. The number of ether oxygens (including phenoxy) is 1. The first-order valence-corrected chi connectivity index (χ1v) is 4.38. The van der Waals surface area contributed by atoms with Crippen LogP contribution in [0, 0.1) is 13.8 Å². The molecule has 1 rings (SSSR count). The fourth-order valence-electron chi connectivity index (χ4n) is 1.63. The van der Waals surface area contributed by atoms with E-state index in [0.717, 1.165) is 17.7 Å². The molecule has 0 saturated carbocycles. The number of aromatic nitrogens is 1. The molecule has 0 radical (unpaired) electrons. The lowest BCUT2D eigenvalue weighted by molar-refractivity contribution is 0.0594. The van der Waals surface area contributed by atoms with Crippen molar-refractivity contribution in [2.24, 2.45) is 0 Å². The summed E-state index contributed by atoms with van der Waals surface area (Å²) in [7, 11) is 1.39. The lowest BCUT2D eigenvalue weighted by Crippen LogP contribution is -2.03. The Morgan fingerprint density at radius 3 is 2.46 bits per heavy atom. The van der Waals surface area contributed by atoms with Crippen LogP contribution < -0.4 is 0 Å². The molecule has 1 aromatic heterocycles. The van der Waals surface area contributed by atoms with Gasteiger partial charge in [-0.1, -0.05) is 6.92 Å². The van der Waals surface area contributed by atoms with E-state index >= 15 is 0 Å². The Balaban J connectivity index is 3.18. The molecule has 0 aliphatic carbocycles. The smallest absolute Gasteiger partial charge is 0.354 e. The van der Waals surface area contributed by atoms with Gasteiger partial charge in [0.1, 0.15) is 5.69 Å². The van der Waals surface area contributed by atoms with E-state index in [1.165, 1.54) is 12.7 Å². The molecule has 1 N–H and O–H groups in total. The summed E-state index contributed by atoms with van der Waals surface area (Å²) in [5.41, 5.74) is 3.85. The van der Waals surface area contributed by atoms with Crippen LogP contribution in [0.4, 0.5) is 0 Å². The number of aryl methyl sites for hydroxylation is 1. The highest BCUT2D eigenvalue weighted by Gasteiger charge is 2.15. The van der Waals surface area contributed by atoms with Crippen LogP contribution in [0.5, 0.6) is 0 Å². The molecule has 0 aromatic carbocycles. The van der Waals surface area contributed by atoms with Crippen molar-refractivity contribution in [1.82, 2.24) is 4.98 Å². The van der Waals surface area contributed by atoms with Gasteiger partial charge < -0.3 is 9.72 Å². The maximum atomic E-state index is 11.3. The van der Waals surface area contributed by atoms with Gasteiger partial charge in [0.05, 0.1) is 7.11 Å². The normalized spacial score (nSPS) is 10.2. The third-order valence-electron chi connectivity index (χ3n) is 2.34. The quantitative estimate of drug-likeness (QED) is 0.709. The number of methoxy groups -OCH3 is 1. The Labute approximate surface area is 78.1 Å². The molecule has 0 fully saturated rings. The molecule has 3 nitrogen and oxygen atoms in total. The molecule has 0 saturated heterocycles. The topological polar surface area (TPSA) is 42.1 Å². The van der Waals surface area contributed by atoms with Gasteiger partial charge >= 0.3 is 5.97 Å². The van der Waals surface area contributed by atoms with E-state index in [1.807, 2.05) is 13.8 Å².